The van der Waals surface area contributed by atoms with Crippen LogP contribution in [0.4, 0.5) is 0 Å². The van der Waals surface area contributed by atoms with Crippen molar-refractivity contribution in [3.63, 3.8) is 0 Å². The van der Waals surface area contributed by atoms with E-state index in [4.69, 9.17) is 16.9 Å². The predicted molar refractivity (Wildman–Crippen MR) is 102 cm³/mol. The molecule has 1 heterocycles. The first-order chi connectivity index (χ1) is 12.1. The van der Waals surface area contributed by atoms with Crippen LogP contribution in [0.25, 0.3) is 11.3 Å². The second-order valence-corrected chi connectivity index (χ2v) is 6.33. The lowest BCUT2D eigenvalue weighted by Gasteiger charge is -2.07. The average Bonchev–Trinajstić information content (AvgIpc) is 2.62. The number of rotatable bonds is 6. The maximum Gasteiger partial charge on any atom is 0.267 e. The van der Waals surface area contributed by atoms with E-state index in [0.29, 0.717) is 34.9 Å². The SMILES string of the molecule is CNC(=NCCSCn1nc(-c2ccc(Cl)cc2)ccc1=O)NC#N. The van der Waals surface area contributed by atoms with E-state index in [-0.39, 0.29) is 5.56 Å². The molecule has 2 N–H and O–H groups in total. The zero-order valence-corrected chi connectivity index (χ0v) is 15.1. The van der Waals surface area contributed by atoms with Gasteiger partial charge in [0.05, 0.1) is 18.1 Å². The molecule has 7 nitrogen and oxygen atoms in total. The molecule has 25 heavy (non-hydrogen) atoms. The Kier molecular flexibility index (Phi) is 7.32. The first-order valence-corrected chi connectivity index (χ1v) is 8.96. The van der Waals surface area contributed by atoms with Crippen LogP contribution in [0.5, 0.6) is 0 Å². The molecule has 0 radical (unpaired) electrons. The minimum Gasteiger partial charge on any atom is -0.359 e. The molecule has 0 aliphatic heterocycles. The zero-order chi connectivity index (χ0) is 18.1. The fourth-order valence-electron chi connectivity index (χ4n) is 1.92. The van der Waals surface area contributed by atoms with Crippen molar-refractivity contribution in [3.05, 3.63) is 51.8 Å². The Morgan fingerprint density at radius 3 is 2.80 bits per heavy atom. The number of hydrogen-bond donors (Lipinski definition) is 2. The lowest BCUT2D eigenvalue weighted by atomic mass is 10.1. The third-order valence-corrected chi connectivity index (χ3v) is 4.29. The maximum atomic E-state index is 11.9. The summed E-state index contributed by atoms with van der Waals surface area (Å²) in [7, 11) is 1.68. The van der Waals surface area contributed by atoms with Gasteiger partial charge >= 0.3 is 0 Å². The first-order valence-electron chi connectivity index (χ1n) is 7.43. The largest absolute Gasteiger partial charge is 0.359 e. The van der Waals surface area contributed by atoms with E-state index in [9.17, 15) is 4.79 Å². The molecule has 0 aliphatic carbocycles. The Hall–Kier alpha value is -2.50. The van der Waals surface area contributed by atoms with Crippen molar-refractivity contribution in [2.45, 2.75) is 5.88 Å². The van der Waals surface area contributed by atoms with Crippen LogP contribution in [0.1, 0.15) is 0 Å². The summed E-state index contributed by atoms with van der Waals surface area (Å²) in [5.41, 5.74) is 1.45. The molecule has 0 saturated carbocycles. The van der Waals surface area contributed by atoms with Crippen LogP contribution in [0, 0.1) is 11.5 Å². The number of aromatic nitrogens is 2. The van der Waals surface area contributed by atoms with Gasteiger partial charge in [0.15, 0.2) is 6.19 Å². The number of nitrogens with one attached hydrogen (secondary N) is 2. The predicted octanol–water partition coefficient (Wildman–Crippen LogP) is 1.90. The minimum atomic E-state index is -0.157. The molecular formula is C16H17ClN6OS. The molecule has 0 saturated heterocycles. The van der Waals surface area contributed by atoms with Crippen LogP contribution in [-0.2, 0) is 5.88 Å². The molecule has 0 fully saturated rings. The molecule has 9 heteroatoms. The summed E-state index contributed by atoms with van der Waals surface area (Å²) in [5, 5.41) is 18.8. The van der Waals surface area contributed by atoms with Crippen molar-refractivity contribution < 1.29 is 0 Å². The number of nitriles is 1. The van der Waals surface area contributed by atoms with Crippen molar-refractivity contribution in [3.8, 4) is 17.5 Å². The molecule has 0 amide bonds. The Bertz CT molecular complexity index is 828. The first kappa shape index (κ1) is 18.8. The number of aliphatic imine (C=N–C) groups is 1. The van der Waals surface area contributed by atoms with Gasteiger partial charge in [-0.1, -0.05) is 23.7 Å². The highest BCUT2D eigenvalue weighted by molar-refractivity contribution is 7.98. The molecule has 2 rings (SSSR count). The van der Waals surface area contributed by atoms with Gasteiger partial charge in [0.2, 0.25) is 5.96 Å². The van der Waals surface area contributed by atoms with E-state index in [0.717, 1.165) is 5.56 Å². The van der Waals surface area contributed by atoms with Crippen LogP contribution in [0.2, 0.25) is 5.02 Å². The maximum absolute atomic E-state index is 11.9. The lowest BCUT2D eigenvalue weighted by molar-refractivity contribution is 0.697. The molecule has 0 atom stereocenters. The quantitative estimate of drug-likeness (QED) is 0.263. The van der Waals surface area contributed by atoms with Gasteiger partial charge in [0.25, 0.3) is 5.56 Å². The van der Waals surface area contributed by atoms with Crippen LogP contribution in [0.15, 0.2) is 46.2 Å². The van der Waals surface area contributed by atoms with Gasteiger partial charge in [-0.3, -0.25) is 15.1 Å². The summed E-state index contributed by atoms with van der Waals surface area (Å²) >= 11 is 7.42. The highest BCUT2D eigenvalue weighted by atomic mass is 35.5. The van der Waals surface area contributed by atoms with E-state index in [2.05, 4.69) is 20.7 Å². The number of nitrogens with zero attached hydrogens (tertiary/aromatic N) is 4. The summed E-state index contributed by atoms with van der Waals surface area (Å²) in [6.45, 7) is 0.515. The van der Waals surface area contributed by atoms with Crippen molar-refractivity contribution in [2.75, 3.05) is 19.3 Å². The molecular weight excluding hydrogens is 360 g/mol. The van der Waals surface area contributed by atoms with Gasteiger partial charge in [0, 0.05) is 29.5 Å². The Morgan fingerprint density at radius 2 is 2.12 bits per heavy atom. The standard InChI is InChI=1S/C16H17ClN6OS/c1-19-16(21-10-18)20-8-9-25-11-23-15(24)7-6-14(22-23)12-2-4-13(17)5-3-12/h2-7H,8-9,11H2,1H3,(H2,19,20,21). The van der Waals surface area contributed by atoms with Gasteiger partial charge in [0.1, 0.15) is 0 Å². The summed E-state index contributed by atoms with van der Waals surface area (Å²) in [6, 6.07) is 10.5. The summed E-state index contributed by atoms with van der Waals surface area (Å²) in [4.78, 5) is 16.1. The van der Waals surface area contributed by atoms with Gasteiger partial charge in [-0.05, 0) is 18.2 Å². The number of halogens is 1. The molecule has 0 unspecified atom stereocenters. The fourth-order valence-corrected chi connectivity index (χ4v) is 2.76. The molecule has 0 aliphatic rings. The monoisotopic (exact) mass is 376 g/mol. The topological polar surface area (TPSA) is 95.1 Å². The molecule has 1 aromatic carbocycles. The third-order valence-electron chi connectivity index (χ3n) is 3.14. The van der Waals surface area contributed by atoms with Crippen molar-refractivity contribution in [1.29, 1.82) is 5.26 Å². The Balaban J connectivity index is 1.96. The van der Waals surface area contributed by atoms with Crippen molar-refractivity contribution in [2.24, 2.45) is 4.99 Å². The van der Waals surface area contributed by atoms with E-state index >= 15 is 0 Å². The van der Waals surface area contributed by atoms with Crippen LogP contribution < -0.4 is 16.2 Å². The smallest absolute Gasteiger partial charge is 0.267 e. The van der Waals surface area contributed by atoms with Crippen molar-refractivity contribution >= 4 is 29.3 Å². The van der Waals surface area contributed by atoms with Gasteiger partial charge < -0.3 is 5.32 Å². The number of thioether (sulfide) groups is 1. The Labute approximate surface area is 154 Å². The molecule has 2 aromatic rings. The molecule has 0 spiro atoms. The zero-order valence-electron chi connectivity index (χ0n) is 13.6. The van der Waals surface area contributed by atoms with Gasteiger partial charge in [-0.15, -0.1) is 11.8 Å². The highest BCUT2D eigenvalue weighted by Gasteiger charge is 2.04. The number of guanidine groups is 1. The second kappa shape index (κ2) is 9.71. The van der Waals surface area contributed by atoms with Crippen molar-refractivity contribution in [1.82, 2.24) is 20.4 Å². The third kappa shape index (κ3) is 5.81. The van der Waals surface area contributed by atoms with E-state index in [1.165, 1.54) is 22.5 Å². The molecule has 1 aromatic heterocycles. The van der Waals surface area contributed by atoms with Crippen LogP contribution >= 0.6 is 23.4 Å². The second-order valence-electron chi connectivity index (χ2n) is 4.82. The fraction of sp³-hybridized carbons (Fsp3) is 0.250. The highest BCUT2D eigenvalue weighted by Crippen LogP contribution is 2.18. The Morgan fingerprint density at radius 1 is 1.36 bits per heavy atom. The molecule has 130 valence electrons. The summed E-state index contributed by atoms with van der Waals surface area (Å²) < 4.78 is 1.42. The van der Waals surface area contributed by atoms with E-state index in [1.807, 2.05) is 12.1 Å². The summed E-state index contributed by atoms with van der Waals surface area (Å²) in [6.07, 6.45) is 1.80. The van der Waals surface area contributed by atoms with Gasteiger partial charge in [-0.2, -0.15) is 10.4 Å². The molecule has 0 bridgehead atoms. The number of hydrogen-bond acceptors (Lipinski definition) is 5. The van der Waals surface area contributed by atoms with E-state index < -0.39 is 0 Å². The van der Waals surface area contributed by atoms with Crippen LogP contribution in [0.3, 0.4) is 0 Å². The van der Waals surface area contributed by atoms with Gasteiger partial charge in [-0.25, -0.2) is 4.68 Å². The normalized spacial score (nSPS) is 11.0. The average molecular weight is 377 g/mol. The summed E-state index contributed by atoms with van der Waals surface area (Å²) in [5.74, 6) is 1.54. The minimum absolute atomic E-state index is 0.157. The van der Waals surface area contributed by atoms with Crippen LogP contribution in [-0.4, -0.2) is 35.1 Å². The van der Waals surface area contributed by atoms with E-state index in [1.54, 1.807) is 31.4 Å². The lowest BCUT2D eigenvalue weighted by Crippen LogP contribution is -2.31. The number of benzene rings is 1.